The zero-order valence-corrected chi connectivity index (χ0v) is 21.2. The smallest absolute Gasteiger partial charge is 0.321 e. The van der Waals surface area contributed by atoms with Gasteiger partial charge in [0.05, 0.1) is 6.04 Å². The lowest BCUT2D eigenvalue weighted by atomic mass is 9.88. The number of rotatable bonds is 9. The maximum atomic E-state index is 13.4. The van der Waals surface area contributed by atoms with Gasteiger partial charge in [-0.25, -0.2) is 0 Å². The number of hydrogen-bond donors (Lipinski definition) is 2. The molecule has 4 aromatic rings. The second-order valence-electron chi connectivity index (χ2n) is 9.85. The largest absolute Gasteiger partial charge is 0.480 e. The minimum absolute atomic E-state index is 0.0744. The summed E-state index contributed by atoms with van der Waals surface area (Å²) in [6, 6.07) is 38.9. The van der Waals surface area contributed by atoms with Gasteiger partial charge in [0.2, 0.25) is 5.91 Å². The van der Waals surface area contributed by atoms with Crippen LogP contribution in [0.4, 0.5) is 0 Å². The van der Waals surface area contributed by atoms with Crippen LogP contribution in [0, 0.1) is 0 Å². The Kier molecular flexibility index (Phi) is 7.95. The number of amides is 1. The van der Waals surface area contributed by atoms with Crippen LogP contribution in [0.3, 0.4) is 0 Å². The average Bonchev–Trinajstić information content (AvgIpc) is 3.37. The molecule has 0 aromatic heterocycles. The van der Waals surface area contributed by atoms with Crippen LogP contribution in [-0.4, -0.2) is 40.5 Å². The van der Waals surface area contributed by atoms with Crippen molar-refractivity contribution in [2.75, 3.05) is 6.54 Å². The molecule has 1 fully saturated rings. The van der Waals surface area contributed by atoms with E-state index in [1.54, 1.807) is 0 Å². The fourth-order valence-corrected chi connectivity index (χ4v) is 5.61. The lowest BCUT2D eigenvalue weighted by Crippen LogP contribution is -2.40. The molecule has 192 valence electrons. The Morgan fingerprint density at radius 3 is 1.55 bits per heavy atom. The number of likely N-dealkylation sites (tertiary alicyclic amines) is 1. The number of aliphatic carboxylic acids is 1. The molecule has 1 aliphatic rings. The van der Waals surface area contributed by atoms with E-state index >= 15 is 0 Å². The number of nitrogens with one attached hydrogen (secondary N) is 1. The van der Waals surface area contributed by atoms with Crippen molar-refractivity contribution in [3.8, 4) is 0 Å². The molecule has 2 N–H and O–H groups in total. The van der Waals surface area contributed by atoms with Crippen molar-refractivity contribution in [1.82, 2.24) is 10.2 Å². The molecule has 1 heterocycles. The Morgan fingerprint density at radius 2 is 1.13 bits per heavy atom. The van der Waals surface area contributed by atoms with Crippen LogP contribution in [0.25, 0.3) is 0 Å². The zero-order valence-electron chi connectivity index (χ0n) is 21.2. The van der Waals surface area contributed by atoms with E-state index < -0.39 is 12.0 Å². The van der Waals surface area contributed by atoms with Crippen molar-refractivity contribution in [3.63, 3.8) is 0 Å². The highest BCUT2D eigenvalue weighted by Gasteiger charge is 2.42. The van der Waals surface area contributed by atoms with Gasteiger partial charge in [0, 0.05) is 24.9 Å². The van der Waals surface area contributed by atoms with E-state index in [1.807, 2.05) is 126 Å². The molecule has 0 saturated carbocycles. The van der Waals surface area contributed by atoms with E-state index in [1.165, 1.54) is 0 Å². The van der Waals surface area contributed by atoms with Crippen molar-refractivity contribution in [3.05, 3.63) is 144 Å². The topological polar surface area (TPSA) is 69.6 Å². The predicted molar refractivity (Wildman–Crippen MR) is 149 cm³/mol. The molecular formula is C33H32N2O3. The summed E-state index contributed by atoms with van der Waals surface area (Å²) in [7, 11) is 0. The fourth-order valence-electron chi connectivity index (χ4n) is 5.61. The van der Waals surface area contributed by atoms with Crippen LogP contribution in [0.1, 0.15) is 47.1 Å². The summed E-state index contributed by atoms with van der Waals surface area (Å²) in [5, 5.41) is 13.3. The maximum absolute atomic E-state index is 13.4. The summed E-state index contributed by atoms with van der Waals surface area (Å²) in [6.07, 6.45) is 0.654. The Balaban J connectivity index is 1.37. The normalized spacial score (nSPS) is 17.5. The first-order valence-electron chi connectivity index (χ1n) is 13.1. The molecule has 1 amide bonds. The first-order chi connectivity index (χ1) is 18.6. The molecule has 5 heteroatoms. The zero-order chi connectivity index (χ0) is 26.3. The Labute approximate surface area is 223 Å². The molecule has 38 heavy (non-hydrogen) atoms. The van der Waals surface area contributed by atoms with Crippen molar-refractivity contribution in [2.24, 2.45) is 0 Å². The summed E-state index contributed by atoms with van der Waals surface area (Å²) in [5.41, 5.74) is 4.23. The summed E-state index contributed by atoms with van der Waals surface area (Å²) < 4.78 is 0. The van der Waals surface area contributed by atoms with Crippen molar-refractivity contribution >= 4 is 11.9 Å². The molecule has 0 radical (unpaired) electrons. The molecule has 0 spiro atoms. The molecule has 4 aromatic carbocycles. The van der Waals surface area contributed by atoms with Crippen LogP contribution in [0.2, 0.25) is 0 Å². The van der Waals surface area contributed by atoms with Crippen molar-refractivity contribution in [1.29, 1.82) is 0 Å². The lowest BCUT2D eigenvalue weighted by molar-refractivity contribution is -0.142. The second-order valence-corrected chi connectivity index (χ2v) is 9.85. The highest BCUT2D eigenvalue weighted by Crippen LogP contribution is 2.35. The Hall–Kier alpha value is -4.22. The maximum Gasteiger partial charge on any atom is 0.321 e. The minimum atomic E-state index is -0.870. The lowest BCUT2D eigenvalue weighted by Gasteiger charge is -2.32. The van der Waals surface area contributed by atoms with E-state index in [0.29, 0.717) is 19.4 Å². The molecule has 1 saturated heterocycles. The number of carboxylic acids is 1. The van der Waals surface area contributed by atoms with E-state index in [-0.39, 0.29) is 23.9 Å². The molecule has 2 unspecified atom stereocenters. The molecule has 0 aliphatic carbocycles. The van der Waals surface area contributed by atoms with Gasteiger partial charge in [0.1, 0.15) is 6.04 Å². The third kappa shape index (κ3) is 5.84. The van der Waals surface area contributed by atoms with E-state index in [0.717, 1.165) is 22.3 Å². The van der Waals surface area contributed by atoms with Gasteiger partial charge in [0.15, 0.2) is 0 Å². The van der Waals surface area contributed by atoms with Crippen LogP contribution < -0.4 is 5.32 Å². The monoisotopic (exact) mass is 504 g/mol. The number of nitrogens with zero attached hydrogens (tertiary/aromatic N) is 1. The van der Waals surface area contributed by atoms with Gasteiger partial charge in [-0.1, -0.05) is 121 Å². The van der Waals surface area contributed by atoms with E-state index in [4.69, 9.17) is 0 Å². The highest BCUT2D eigenvalue weighted by molar-refractivity contribution is 5.79. The van der Waals surface area contributed by atoms with Crippen LogP contribution >= 0.6 is 0 Å². The van der Waals surface area contributed by atoms with E-state index in [2.05, 4.69) is 5.32 Å². The quantitative estimate of drug-likeness (QED) is 0.309. The number of carbonyl (C=O) groups is 2. The fraction of sp³-hybridized carbons (Fsp3) is 0.212. The molecule has 5 rings (SSSR count). The van der Waals surface area contributed by atoms with Gasteiger partial charge in [-0.3, -0.25) is 14.5 Å². The minimum Gasteiger partial charge on any atom is -0.480 e. The summed E-state index contributed by atoms with van der Waals surface area (Å²) in [6.45, 7) is 0.457. The van der Waals surface area contributed by atoms with Crippen LogP contribution in [0.5, 0.6) is 0 Å². The van der Waals surface area contributed by atoms with Gasteiger partial charge < -0.3 is 10.4 Å². The van der Waals surface area contributed by atoms with Crippen molar-refractivity contribution < 1.29 is 14.7 Å². The predicted octanol–water partition coefficient (Wildman–Crippen LogP) is 5.64. The molecular weight excluding hydrogens is 472 g/mol. The molecule has 1 aliphatic heterocycles. The summed E-state index contributed by atoms with van der Waals surface area (Å²) in [5.74, 6) is -1.02. The Morgan fingerprint density at radius 1 is 0.711 bits per heavy atom. The number of carbonyl (C=O) groups excluding carboxylic acids is 1. The first kappa shape index (κ1) is 25.4. The first-order valence-corrected chi connectivity index (χ1v) is 13.1. The second kappa shape index (κ2) is 11.9. The number of hydrogen-bond acceptors (Lipinski definition) is 3. The van der Waals surface area contributed by atoms with Gasteiger partial charge in [-0.2, -0.15) is 0 Å². The SMILES string of the molecule is O=C(CC(c1ccccc1)c1ccccc1)NC1CC(C(=O)O)N(C(c2ccccc2)c2ccccc2)C1. The third-order valence-corrected chi connectivity index (χ3v) is 7.35. The molecule has 0 bridgehead atoms. The van der Waals surface area contributed by atoms with E-state index in [9.17, 15) is 14.7 Å². The van der Waals surface area contributed by atoms with Gasteiger partial charge >= 0.3 is 5.97 Å². The third-order valence-electron chi connectivity index (χ3n) is 7.35. The van der Waals surface area contributed by atoms with Gasteiger partial charge in [0.25, 0.3) is 0 Å². The van der Waals surface area contributed by atoms with Crippen LogP contribution in [-0.2, 0) is 9.59 Å². The van der Waals surface area contributed by atoms with Crippen LogP contribution in [0.15, 0.2) is 121 Å². The standard InChI is InChI=1S/C33H32N2O3/c36-31(22-29(24-13-5-1-6-14-24)25-15-7-2-8-16-25)34-28-21-30(33(37)38)35(23-28)32(26-17-9-3-10-18-26)27-19-11-4-12-20-27/h1-20,28-30,32H,21-23H2,(H,34,36)(H,37,38). The Bertz CT molecular complexity index is 1250. The number of benzene rings is 4. The summed E-state index contributed by atoms with van der Waals surface area (Å²) in [4.78, 5) is 27.8. The molecule has 2 atom stereocenters. The van der Waals surface area contributed by atoms with Gasteiger partial charge in [-0.15, -0.1) is 0 Å². The highest BCUT2D eigenvalue weighted by atomic mass is 16.4. The molecule has 5 nitrogen and oxygen atoms in total. The number of carboxylic acid groups (broad SMARTS) is 1. The average molecular weight is 505 g/mol. The summed E-state index contributed by atoms with van der Waals surface area (Å²) >= 11 is 0. The van der Waals surface area contributed by atoms with Gasteiger partial charge in [-0.05, 0) is 28.7 Å². The van der Waals surface area contributed by atoms with Crippen molar-refractivity contribution in [2.45, 2.75) is 36.9 Å².